The van der Waals surface area contributed by atoms with Gasteiger partial charge in [0.1, 0.15) is 18.1 Å². The molecule has 0 bridgehead atoms. The maximum atomic E-state index is 12.6. The molecule has 1 aromatic rings. The molecule has 0 saturated heterocycles. The molecule has 1 aromatic heterocycles. The first-order valence-electron chi connectivity index (χ1n) is 8.80. The molecule has 3 unspecified atom stereocenters. The molecule has 1 heterocycles. The Morgan fingerprint density at radius 3 is 2.20 bits per heavy atom. The first-order valence-corrected chi connectivity index (χ1v) is 9.44. The van der Waals surface area contributed by atoms with Crippen LogP contribution in [0.3, 0.4) is 0 Å². The molecule has 0 aliphatic rings. The number of hydrogen-bond donors (Lipinski definition) is 8. The van der Waals surface area contributed by atoms with Gasteiger partial charge in [0.2, 0.25) is 17.7 Å². The van der Waals surface area contributed by atoms with Crippen LogP contribution in [0, 0.1) is 0 Å². The SMILES string of the molecule is NCC(=O)NC(CCC(=O)O)C(=O)NC(Cc1cnc[nH]1)C(=O)NC(CS)C(=O)O. The number of aromatic amines is 1. The number of aliphatic carboxylic acids is 2. The van der Waals surface area contributed by atoms with Gasteiger partial charge in [0, 0.05) is 30.5 Å². The number of amides is 3. The highest BCUT2D eigenvalue weighted by atomic mass is 32.1. The van der Waals surface area contributed by atoms with Crippen molar-refractivity contribution in [3.05, 3.63) is 18.2 Å². The predicted molar refractivity (Wildman–Crippen MR) is 105 cm³/mol. The molecule has 0 aliphatic heterocycles. The average Bonchev–Trinajstić information content (AvgIpc) is 3.20. The minimum atomic E-state index is -1.31. The zero-order chi connectivity index (χ0) is 22.7. The van der Waals surface area contributed by atoms with Crippen LogP contribution in [0.25, 0.3) is 0 Å². The summed E-state index contributed by atoms with van der Waals surface area (Å²) in [6.07, 6.45) is 2.06. The van der Waals surface area contributed by atoms with Gasteiger partial charge < -0.3 is 36.9 Å². The Morgan fingerprint density at radius 1 is 1.07 bits per heavy atom. The molecule has 0 fully saturated rings. The number of nitrogens with two attached hydrogens (primary N) is 1. The highest BCUT2D eigenvalue weighted by Gasteiger charge is 2.29. The maximum Gasteiger partial charge on any atom is 0.327 e. The van der Waals surface area contributed by atoms with Gasteiger partial charge in [0.05, 0.1) is 12.9 Å². The Kier molecular flexibility index (Phi) is 10.3. The van der Waals surface area contributed by atoms with Crippen LogP contribution in [-0.4, -0.2) is 80.3 Å². The van der Waals surface area contributed by atoms with Crippen molar-refractivity contribution in [2.45, 2.75) is 37.4 Å². The lowest BCUT2D eigenvalue weighted by Crippen LogP contribution is -2.57. The van der Waals surface area contributed by atoms with Crippen molar-refractivity contribution >= 4 is 42.3 Å². The van der Waals surface area contributed by atoms with Gasteiger partial charge in [-0.2, -0.15) is 12.6 Å². The van der Waals surface area contributed by atoms with E-state index in [0.29, 0.717) is 5.69 Å². The number of carbonyl (C=O) groups is 5. The number of carboxylic acid groups (broad SMARTS) is 2. The van der Waals surface area contributed by atoms with Crippen molar-refractivity contribution in [1.82, 2.24) is 25.9 Å². The van der Waals surface area contributed by atoms with E-state index in [4.69, 9.17) is 15.9 Å². The monoisotopic (exact) mass is 444 g/mol. The molecule has 0 aromatic carbocycles. The number of rotatable bonds is 13. The van der Waals surface area contributed by atoms with Gasteiger partial charge in [-0.25, -0.2) is 9.78 Å². The molecule has 30 heavy (non-hydrogen) atoms. The summed E-state index contributed by atoms with van der Waals surface area (Å²) in [7, 11) is 0. The number of carboxylic acids is 2. The third kappa shape index (κ3) is 8.48. The number of nitrogens with zero attached hydrogens (tertiary/aromatic N) is 1. The molecular formula is C16H24N6O7S. The highest BCUT2D eigenvalue weighted by molar-refractivity contribution is 7.80. The van der Waals surface area contributed by atoms with E-state index in [1.54, 1.807) is 0 Å². The largest absolute Gasteiger partial charge is 0.481 e. The lowest BCUT2D eigenvalue weighted by molar-refractivity contribution is -0.141. The van der Waals surface area contributed by atoms with Crippen LogP contribution >= 0.6 is 12.6 Å². The van der Waals surface area contributed by atoms with E-state index < -0.39 is 60.8 Å². The fourth-order valence-electron chi connectivity index (χ4n) is 2.35. The third-order valence-corrected chi connectivity index (χ3v) is 4.26. The van der Waals surface area contributed by atoms with Crippen LogP contribution in [0.2, 0.25) is 0 Å². The van der Waals surface area contributed by atoms with Crippen molar-refractivity contribution in [3.8, 4) is 0 Å². The fraction of sp³-hybridized carbons (Fsp3) is 0.500. The van der Waals surface area contributed by atoms with Crippen molar-refractivity contribution in [1.29, 1.82) is 0 Å². The number of aromatic nitrogens is 2. The van der Waals surface area contributed by atoms with Crippen LogP contribution in [0.4, 0.5) is 0 Å². The first kappa shape index (κ1) is 24.9. The number of thiol groups is 1. The quantitative estimate of drug-likeness (QED) is 0.148. The smallest absolute Gasteiger partial charge is 0.327 e. The zero-order valence-electron chi connectivity index (χ0n) is 15.8. The maximum absolute atomic E-state index is 12.6. The van der Waals surface area contributed by atoms with E-state index in [-0.39, 0.29) is 18.6 Å². The van der Waals surface area contributed by atoms with Crippen LogP contribution in [-0.2, 0) is 30.4 Å². The summed E-state index contributed by atoms with van der Waals surface area (Å²) in [4.78, 5) is 65.4. The zero-order valence-corrected chi connectivity index (χ0v) is 16.7. The topological polar surface area (TPSA) is 217 Å². The average molecular weight is 444 g/mol. The van der Waals surface area contributed by atoms with E-state index >= 15 is 0 Å². The summed E-state index contributed by atoms with van der Waals surface area (Å²) < 4.78 is 0. The van der Waals surface area contributed by atoms with Gasteiger partial charge in [-0.1, -0.05) is 0 Å². The van der Waals surface area contributed by atoms with E-state index in [2.05, 4.69) is 38.5 Å². The van der Waals surface area contributed by atoms with Gasteiger partial charge in [-0.15, -0.1) is 0 Å². The summed E-state index contributed by atoms with van der Waals surface area (Å²) in [5, 5.41) is 24.9. The van der Waals surface area contributed by atoms with Crippen molar-refractivity contribution < 1.29 is 34.2 Å². The van der Waals surface area contributed by atoms with E-state index in [1.165, 1.54) is 12.5 Å². The standard InChI is InChI=1S/C16H24N6O7S/c17-4-12(23)20-9(1-2-13(24)25)14(26)21-10(3-8-5-18-7-19-8)15(27)22-11(6-30)16(28)29/h5,7,9-11,30H,1-4,6,17H2,(H,18,19)(H,20,23)(H,21,26)(H,22,27)(H,24,25)(H,28,29). The lowest BCUT2D eigenvalue weighted by atomic mass is 10.1. The summed E-state index contributed by atoms with van der Waals surface area (Å²) in [5.74, 6) is -4.98. The van der Waals surface area contributed by atoms with Gasteiger partial charge in [0.25, 0.3) is 0 Å². The molecule has 0 aliphatic carbocycles. The molecule has 0 radical (unpaired) electrons. The van der Waals surface area contributed by atoms with Crippen molar-refractivity contribution in [2.24, 2.45) is 5.73 Å². The summed E-state index contributed by atoms with van der Waals surface area (Å²) in [6.45, 7) is -0.419. The number of carbonyl (C=O) groups excluding carboxylic acids is 3. The Bertz CT molecular complexity index is 757. The van der Waals surface area contributed by atoms with E-state index in [9.17, 15) is 24.0 Å². The second-order valence-corrected chi connectivity index (χ2v) is 6.55. The molecule has 3 amide bonds. The molecule has 0 saturated carbocycles. The second kappa shape index (κ2) is 12.4. The Morgan fingerprint density at radius 2 is 1.70 bits per heavy atom. The second-order valence-electron chi connectivity index (χ2n) is 6.18. The van der Waals surface area contributed by atoms with Gasteiger partial charge in [-0.05, 0) is 6.42 Å². The number of imidazole rings is 1. The Hall–Kier alpha value is -3.13. The summed E-state index contributed by atoms with van der Waals surface area (Å²) >= 11 is 3.87. The molecule has 8 N–H and O–H groups in total. The molecule has 3 atom stereocenters. The molecule has 13 nitrogen and oxygen atoms in total. The van der Waals surface area contributed by atoms with Crippen LogP contribution in [0.5, 0.6) is 0 Å². The van der Waals surface area contributed by atoms with Crippen molar-refractivity contribution in [2.75, 3.05) is 12.3 Å². The number of H-pyrrole nitrogens is 1. The Labute approximate surface area is 176 Å². The third-order valence-electron chi connectivity index (χ3n) is 3.89. The normalized spacial score (nSPS) is 13.5. The van der Waals surface area contributed by atoms with Crippen LogP contribution in [0.15, 0.2) is 12.5 Å². The fourth-order valence-corrected chi connectivity index (χ4v) is 2.59. The van der Waals surface area contributed by atoms with Crippen LogP contribution < -0.4 is 21.7 Å². The lowest BCUT2D eigenvalue weighted by Gasteiger charge is -2.23. The van der Waals surface area contributed by atoms with Crippen molar-refractivity contribution in [3.63, 3.8) is 0 Å². The molecule has 14 heteroatoms. The Balaban J connectivity index is 2.98. The molecular weight excluding hydrogens is 420 g/mol. The molecule has 166 valence electrons. The number of nitrogens with one attached hydrogen (secondary N) is 4. The predicted octanol–water partition coefficient (Wildman–Crippen LogP) is -2.76. The summed E-state index contributed by atoms with van der Waals surface area (Å²) in [5.41, 5.74) is 5.69. The van der Waals surface area contributed by atoms with E-state index in [0.717, 1.165) is 0 Å². The highest BCUT2D eigenvalue weighted by Crippen LogP contribution is 2.04. The number of hydrogen-bond acceptors (Lipinski definition) is 8. The molecule has 0 spiro atoms. The molecule has 1 rings (SSSR count). The van der Waals surface area contributed by atoms with Gasteiger partial charge in [-0.3, -0.25) is 19.2 Å². The van der Waals surface area contributed by atoms with E-state index in [1.807, 2.05) is 0 Å². The minimum Gasteiger partial charge on any atom is -0.481 e. The first-order chi connectivity index (χ1) is 14.2. The van der Waals surface area contributed by atoms with Gasteiger partial charge >= 0.3 is 11.9 Å². The van der Waals surface area contributed by atoms with Gasteiger partial charge in [0.15, 0.2) is 0 Å². The minimum absolute atomic E-state index is 0.0625. The van der Waals surface area contributed by atoms with Crippen LogP contribution in [0.1, 0.15) is 18.5 Å². The summed E-state index contributed by atoms with van der Waals surface area (Å²) in [6, 6.07) is -3.78.